The molecular formula is C22H29N3O6S. The number of rotatable bonds is 6. The van der Waals surface area contributed by atoms with Gasteiger partial charge in [0, 0.05) is 4.75 Å². The summed E-state index contributed by atoms with van der Waals surface area (Å²) in [5.74, 6) is -2.00. The highest BCUT2D eigenvalue weighted by Gasteiger charge is 2.64. The molecule has 2 saturated heterocycles. The summed E-state index contributed by atoms with van der Waals surface area (Å²) in [6.45, 7) is 8.20. The van der Waals surface area contributed by atoms with Crippen LogP contribution in [0.2, 0.25) is 0 Å². The Labute approximate surface area is 191 Å². The van der Waals surface area contributed by atoms with Crippen LogP contribution in [0.1, 0.15) is 46.2 Å². The zero-order valence-corrected chi connectivity index (χ0v) is 19.6. The molecule has 1 aromatic rings. The van der Waals surface area contributed by atoms with E-state index in [1.54, 1.807) is 45.0 Å². The third-order valence-electron chi connectivity index (χ3n) is 5.41. The normalized spacial score (nSPS) is 24.8. The molecule has 2 heterocycles. The third kappa shape index (κ3) is 4.61. The number of benzene rings is 1. The monoisotopic (exact) mass is 463 g/mol. The smallest absolute Gasteiger partial charge is 0.333 e. The van der Waals surface area contributed by atoms with Crippen molar-refractivity contribution in [2.75, 3.05) is 6.79 Å². The van der Waals surface area contributed by atoms with Crippen LogP contribution in [0.5, 0.6) is 0 Å². The predicted octanol–water partition coefficient (Wildman–Crippen LogP) is 1.32. The highest BCUT2D eigenvalue weighted by Crippen LogP contribution is 2.51. The van der Waals surface area contributed by atoms with Gasteiger partial charge in [-0.3, -0.25) is 14.4 Å². The Morgan fingerprint density at radius 2 is 1.81 bits per heavy atom. The highest BCUT2D eigenvalue weighted by molar-refractivity contribution is 8.01. The Balaban J connectivity index is 1.61. The first-order valence-electron chi connectivity index (χ1n) is 10.3. The van der Waals surface area contributed by atoms with E-state index in [-0.39, 0.29) is 5.91 Å². The van der Waals surface area contributed by atoms with E-state index in [0.29, 0.717) is 5.56 Å². The minimum atomic E-state index is -0.907. The van der Waals surface area contributed by atoms with Gasteiger partial charge in [-0.25, -0.2) is 4.79 Å². The van der Waals surface area contributed by atoms with Crippen molar-refractivity contribution in [2.45, 2.75) is 62.9 Å². The van der Waals surface area contributed by atoms with Gasteiger partial charge in [0.2, 0.25) is 18.6 Å². The van der Waals surface area contributed by atoms with Gasteiger partial charge in [-0.2, -0.15) is 0 Å². The van der Waals surface area contributed by atoms with Crippen LogP contribution in [0.25, 0.3) is 0 Å². The van der Waals surface area contributed by atoms with Crippen LogP contribution in [0, 0.1) is 5.41 Å². The van der Waals surface area contributed by atoms with Gasteiger partial charge in [0.25, 0.3) is 0 Å². The summed E-state index contributed by atoms with van der Waals surface area (Å²) in [5.41, 5.74) is 5.94. The number of carbonyl (C=O) groups is 4. The molecule has 4 atom stereocenters. The van der Waals surface area contributed by atoms with Crippen LogP contribution >= 0.6 is 11.8 Å². The number of esters is 2. The molecule has 1 unspecified atom stereocenters. The van der Waals surface area contributed by atoms with Crippen molar-refractivity contribution in [2.24, 2.45) is 11.1 Å². The van der Waals surface area contributed by atoms with Crippen LogP contribution in [-0.2, 0) is 28.7 Å². The predicted molar refractivity (Wildman–Crippen MR) is 118 cm³/mol. The fraction of sp³-hybridized carbons (Fsp3) is 0.545. The van der Waals surface area contributed by atoms with Gasteiger partial charge in [0.05, 0.1) is 5.41 Å². The number of carbonyl (C=O) groups excluding carboxylic acids is 4. The molecule has 2 aliphatic rings. The Hall–Kier alpha value is -2.59. The average Bonchev–Trinajstić information content (AvgIpc) is 2.98. The van der Waals surface area contributed by atoms with E-state index in [4.69, 9.17) is 15.2 Å². The molecule has 174 valence electrons. The van der Waals surface area contributed by atoms with E-state index in [9.17, 15) is 19.2 Å². The number of β-lactam (4-membered cyclic amide) rings is 1. The minimum absolute atomic E-state index is 0.379. The molecule has 0 bridgehead atoms. The van der Waals surface area contributed by atoms with Crippen LogP contribution in [-0.4, -0.2) is 57.7 Å². The Morgan fingerprint density at radius 3 is 2.41 bits per heavy atom. The first-order chi connectivity index (χ1) is 14.8. The van der Waals surface area contributed by atoms with Crippen molar-refractivity contribution in [3.8, 4) is 0 Å². The number of amides is 2. The highest BCUT2D eigenvalue weighted by atomic mass is 32.2. The molecule has 0 aromatic heterocycles. The largest absolute Gasteiger partial charge is 0.427 e. The standard InChI is InChI=1S/C22H29N3O6S/c1-21(2,3)20(29)31-11-30-19(28)15-22(4,5)32-18-14(17(27)25(15)18)24-16(26)13(23)12-9-7-6-8-10-12/h6-10,13-15,18H,11,23H2,1-5H3,(H,24,26)/t13-,14?,15+,18-/m1/s1. The quantitative estimate of drug-likeness (QED) is 0.367. The molecule has 1 aromatic carbocycles. The molecule has 2 amide bonds. The van der Waals surface area contributed by atoms with Crippen molar-refractivity contribution < 1.29 is 28.7 Å². The van der Waals surface area contributed by atoms with Gasteiger partial charge in [-0.1, -0.05) is 30.3 Å². The van der Waals surface area contributed by atoms with E-state index in [2.05, 4.69) is 5.32 Å². The number of fused-ring (bicyclic) bond motifs is 1. The van der Waals surface area contributed by atoms with Crippen LogP contribution < -0.4 is 11.1 Å². The van der Waals surface area contributed by atoms with E-state index < -0.39 is 58.3 Å². The van der Waals surface area contributed by atoms with Crippen molar-refractivity contribution in [1.82, 2.24) is 10.2 Å². The average molecular weight is 464 g/mol. The summed E-state index contributed by atoms with van der Waals surface area (Å²) in [7, 11) is 0. The second kappa shape index (κ2) is 8.74. The first-order valence-corrected chi connectivity index (χ1v) is 11.2. The van der Waals surface area contributed by atoms with Crippen molar-refractivity contribution in [3.63, 3.8) is 0 Å². The van der Waals surface area contributed by atoms with Crippen LogP contribution in [0.4, 0.5) is 0 Å². The molecule has 10 heteroatoms. The third-order valence-corrected chi connectivity index (χ3v) is 6.98. The second-order valence-electron chi connectivity index (χ2n) is 9.40. The first kappa shape index (κ1) is 24.1. The van der Waals surface area contributed by atoms with E-state index in [0.717, 1.165) is 0 Å². The second-order valence-corrected chi connectivity index (χ2v) is 11.2. The summed E-state index contributed by atoms with van der Waals surface area (Å²) in [6, 6.07) is 6.31. The maximum Gasteiger partial charge on any atom is 0.333 e. The van der Waals surface area contributed by atoms with Crippen LogP contribution in [0.15, 0.2) is 30.3 Å². The zero-order chi connectivity index (χ0) is 23.8. The molecule has 2 aliphatic heterocycles. The van der Waals surface area contributed by atoms with E-state index in [1.807, 2.05) is 19.9 Å². The number of thioether (sulfide) groups is 1. The van der Waals surface area contributed by atoms with Gasteiger partial charge in [0.1, 0.15) is 23.5 Å². The molecule has 3 rings (SSSR count). The number of nitrogens with one attached hydrogen (secondary N) is 1. The maximum absolute atomic E-state index is 12.8. The number of nitrogens with two attached hydrogens (primary N) is 1. The summed E-state index contributed by atoms with van der Waals surface area (Å²) < 4.78 is 9.47. The summed E-state index contributed by atoms with van der Waals surface area (Å²) in [6.07, 6.45) is 0. The molecule has 32 heavy (non-hydrogen) atoms. The fourth-order valence-corrected chi connectivity index (χ4v) is 5.24. The molecular weight excluding hydrogens is 434 g/mol. The number of ether oxygens (including phenoxy) is 2. The van der Waals surface area contributed by atoms with Gasteiger partial charge >= 0.3 is 11.9 Å². The van der Waals surface area contributed by atoms with Crippen LogP contribution in [0.3, 0.4) is 0 Å². The van der Waals surface area contributed by atoms with E-state index >= 15 is 0 Å². The van der Waals surface area contributed by atoms with Crippen molar-refractivity contribution in [3.05, 3.63) is 35.9 Å². The summed E-state index contributed by atoms with van der Waals surface area (Å²) >= 11 is 1.40. The van der Waals surface area contributed by atoms with Gasteiger partial charge in [0.15, 0.2) is 0 Å². The van der Waals surface area contributed by atoms with Gasteiger partial charge in [-0.15, -0.1) is 11.8 Å². The fourth-order valence-electron chi connectivity index (χ4n) is 3.62. The molecule has 9 nitrogen and oxygen atoms in total. The number of hydrogen-bond acceptors (Lipinski definition) is 8. The van der Waals surface area contributed by atoms with Crippen molar-refractivity contribution in [1.29, 1.82) is 0 Å². The van der Waals surface area contributed by atoms with Gasteiger partial charge in [-0.05, 0) is 40.2 Å². The minimum Gasteiger partial charge on any atom is -0.427 e. The Morgan fingerprint density at radius 1 is 1.19 bits per heavy atom. The molecule has 3 N–H and O–H groups in total. The van der Waals surface area contributed by atoms with Crippen molar-refractivity contribution >= 4 is 35.5 Å². The Kier molecular flexibility index (Phi) is 6.57. The SMILES string of the molecule is CC(C)(C)C(=O)OCOC(=O)[C@@H]1N2C(=O)C(NC(=O)[C@H](N)c3ccccc3)[C@H]2SC1(C)C. The molecule has 0 saturated carbocycles. The summed E-state index contributed by atoms with van der Waals surface area (Å²) in [5, 5.41) is 2.29. The molecule has 0 aliphatic carbocycles. The lowest BCUT2D eigenvalue weighted by Gasteiger charge is -2.44. The van der Waals surface area contributed by atoms with E-state index in [1.165, 1.54) is 16.7 Å². The number of hydrogen-bond donors (Lipinski definition) is 2. The summed E-state index contributed by atoms with van der Waals surface area (Å²) in [4.78, 5) is 51.4. The van der Waals surface area contributed by atoms with Gasteiger partial charge < -0.3 is 25.4 Å². The Bertz CT molecular complexity index is 914. The molecule has 0 radical (unpaired) electrons. The molecule has 2 fully saturated rings. The topological polar surface area (TPSA) is 128 Å². The molecule has 0 spiro atoms. The zero-order valence-electron chi connectivity index (χ0n) is 18.8. The number of nitrogens with zero attached hydrogens (tertiary/aromatic N) is 1. The lowest BCUT2D eigenvalue weighted by molar-refractivity contribution is -0.180. The maximum atomic E-state index is 12.8. The lowest BCUT2D eigenvalue weighted by Crippen LogP contribution is -2.71. The lowest BCUT2D eigenvalue weighted by atomic mass is 9.95.